The highest BCUT2D eigenvalue weighted by Crippen LogP contribution is 2.34. The van der Waals surface area contributed by atoms with E-state index < -0.39 is 23.3 Å². The van der Waals surface area contributed by atoms with Crippen molar-refractivity contribution in [2.24, 2.45) is 0 Å². The molecule has 0 radical (unpaired) electrons. The Morgan fingerprint density at radius 2 is 2.23 bits per heavy atom. The van der Waals surface area contributed by atoms with E-state index in [0.29, 0.717) is 0 Å². The molecule has 1 aliphatic rings. The minimum atomic E-state index is -1.19. The van der Waals surface area contributed by atoms with E-state index in [0.717, 1.165) is 16.7 Å². The lowest BCUT2D eigenvalue weighted by Gasteiger charge is -2.10. The van der Waals surface area contributed by atoms with Crippen LogP contribution in [0.1, 0.15) is 5.56 Å². The fourth-order valence-corrected chi connectivity index (χ4v) is 3.09. The van der Waals surface area contributed by atoms with E-state index in [1.165, 1.54) is 24.3 Å². The number of carbonyl (C=O) groups excluding carboxylic acids is 1. The van der Waals surface area contributed by atoms with Crippen molar-refractivity contribution < 1.29 is 19.6 Å². The monoisotopic (exact) mass is 358 g/mol. The summed E-state index contributed by atoms with van der Waals surface area (Å²) >= 11 is 11.8. The summed E-state index contributed by atoms with van der Waals surface area (Å²) in [4.78, 5) is 34.1. The maximum absolute atomic E-state index is 12.1. The molecule has 0 unspecified atom stereocenters. The summed E-state index contributed by atoms with van der Waals surface area (Å²) in [5, 5.41) is 19.7. The lowest BCUT2D eigenvalue weighted by Crippen LogP contribution is -2.33. The molecule has 1 aliphatic heterocycles. The Kier molecular flexibility index (Phi) is 4.79. The number of thiocarbonyl (C=S) groups is 1. The van der Waals surface area contributed by atoms with E-state index in [1.807, 2.05) is 0 Å². The highest BCUT2D eigenvalue weighted by atomic mass is 35.5. The molecule has 22 heavy (non-hydrogen) atoms. The molecule has 0 spiro atoms. The van der Waals surface area contributed by atoms with Gasteiger partial charge in [0.25, 0.3) is 11.6 Å². The summed E-state index contributed by atoms with van der Waals surface area (Å²) in [6.45, 7) is -0.537. The topological polar surface area (TPSA) is 101 Å². The number of aliphatic carboxylic acids is 1. The first-order valence-electron chi connectivity index (χ1n) is 5.70. The predicted molar refractivity (Wildman–Crippen MR) is 85.6 cm³/mol. The van der Waals surface area contributed by atoms with Gasteiger partial charge in [0.15, 0.2) is 0 Å². The van der Waals surface area contributed by atoms with Gasteiger partial charge in [-0.3, -0.25) is 24.6 Å². The Hall–Kier alpha value is -1.97. The van der Waals surface area contributed by atoms with Crippen LogP contribution in [0.5, 0.6) is 0 Å². The van der Waals surface area contributed by atoms with E-state index >= 15 is 0 Å². The first-order valence-corrected chi connectivity index (χ1v) is 7.31. The van der Waals surface area contributed by atoms with Gasteiger partial charge in [0.1, 0.15) is 10.9 Å². The first-order chi connectivity index (χ1) is 10.3. The number of amides is 1. The van der Waals surface area contributed by atoms with Gasteiger partial charge in [-0.2, -0.15) is 0 Å². The normalized spacial score (nSPS) is 16.4. The average Bonchev–Trinajstić information content (AvgIpc) is 2.68. The molecule has 7 nitrogen and oxygen atoms in total. The van der Waals surface area contributed by atoms with Crippen LogP contribution >= 0.6 is 35.6 Å². The van der Waals surface area contributed by atoms with Crippen LogP contribution in [-0.2, 0) is 9.59 Å². The van der Waals surface area contributed by atoms with E-state index in [4.69, 9.17) is 28.9 Å². The molecular formula is C12H7ClN2O5S2. The number of hydrogen-bond donors (Lipinski definition) is 1. The third-order valence-corrected chi connectivity index (χ3v) is 4.37. The van der Waals surface area contributed by atoms with Crippen molar-refractivity contribution >= 4 is 63.5 Å². The van der Waals surface area contributed by atoms with Crippen molar-refractivity contribution in [1.29, 1.82) is 0 Å². The molecule has 10 heteroatoms. The zero-order valence-electron chi connectivity index (χ0n) is 10.7. The third-order valence-electron chi connectivity index (χ3n) is 2.64. The summed E-state index contributed by atoms with van der Waals surface area (Å²) in [6.07, 6.45) is 1.36. The molecule has 1 aromatic rings. The van der Waals surface area contributed by atoms with E-state index in [-0.39, 0.29) is 25.5 Å². The zero-order valence-corrected chi connectivity index (χ0v) is 13.1. The van der Waals surface area contributed by atoms with Gasteiger partial charge in [0.2, 0.25) is 0 Å². The fourth-order valence-electron chi connectivity index (χ4n) is 1.67. The van der Waals surface area contributed by atoms with E-state index in [9.17, 15) is 19.7 Å². The molecule has 1 saturated heterocycles. The fraction of sp³-hybridized carbons (Fsp3) is 0.0833. The minimum absolute atomic E-state index is 0.111. The zero-order chi connectivity index (χ0) is 16.4. The second kappa shape index (κ2) is 6.42. The lowest BCUT2D eigenvalue weighted by atomic mass is 10.2. The Labute approximate surface area is 138 Å². The summed E-state index contributed by atoms with van der Waals surface area (Å²) in [7, 11) is 0. The van der Waals surface area contributed by atoms with Gasteiger partial charge in [0, 0.05) is 22.7 Å². The Morgan fingerprint density at radius 1 is 1.55 bits per heavy atom. The van der Waals surface area contributed by atoms with E-state index in [1.54, 1.807) is 0 Å². The molecule has 114 valence electrons. The van der Waals surface area contributed by atoms with E-state index in [2.05, 4.69) is 0 Å². The van der Waals surface area contributed by atoms with Crippen molar-refractivity contribution in [3.05, 3.63) is 43.8 Å². The summed E-state index contributed by atoms with van der Waals surface area (Å²) < 4.78 is 0.111. The Bertz CT molecular complexity index is 734. The van der Waals surface area contributed by atoms with Gasteiger partial charge < -0.3 is 5.11 Å². The van der Waals surface area contributed by atoms with Gasteiger partial charge in [-0.15, -0.1) is 0 Å². The molecule has 0 aromatic heterocycles. The maximum Gasteiger partial charge on any atom is 0.323 e. The molecule has 1 heterocycles. The maximum atomic E-state index is 12.1. The Balaban J connectivity index is 2.36. The highest BCUT2D eigenvalue weighted by Gasteiger charge is 2.33. The Morgan fingerprint density at radius 3 is 2.82 bits per heavy atom. The van der Waals surface area contributed by atoms with Crippen molar-refractivity contribution in [3.8, 4) is 0 Å². The van der Waals surface area contributed by atoms with Crippen LogP contribution in [0, 0.1) is 10.1 Å². The molecule has 1 amide bonds. The van der Waals surface area contributed by atoms with Crippen LogP contribution in [0.4, 0.5) is 5.69 Å². The number of carbonyl (C=O) groups is 2. The van der Waals surface area contributed by atoms with Crippen LogP contribution in [0.25, 0.3) is 6.08 Å². The second-order valence-electron chi connectivity index (χ2n) is 4.12. The largest absolute Gasteiger partial charge is 0.480 e. The number of benzene rings is 1. The van der Waals surface area contributed by atoms with Gasteiger partial charge in [0.05, 0.1) is 9.83 Å². The summed E-state index contributed by atoms with van der Waals surface area (Å²) in [5.74, 6) is -1.76. The molecule has 0 saturated carbocycles. The average molecular weight is 359 g/mol. The van der Waals surface area contributed by atoms with Crippen LogP contribution in [0.2, 0.25) is 5.02 Å². The smallest absolute Gasteiger partial charge is 0.323 e. The highest BCUT2D eigenvalue weighted by molar-refractivity contribution is 8.26. The molecule has 0 bridgehead atoms. The number of nitro groups is 1. The third kappa shape index (κ3) is 3.43. The summed E-state index contributed by atoms with van der Waals surface area (Å²) in [5.41, 5.74) is 0.114. The standard InChI is InChI=1S/C12H7ClN2O5S2/c13-8-2-1-7(15(19)20)3-6(8)4-9-11(18)14(5-10(16)17)12(21)22-9/h1-4H,5H2,(H,16,17). The molecule has 0 aliphatic carbocycles. The number of non-ortho nitro benzene ring substituents is 1. The first kappa shape index (κ1) is 16.4. The van der Waals surface area contributed by atoms with Crippen molar-refractivity contribution in [2.75, 3.05) is 6.54 Å². The quantitative estimate of drug-likeness (QED) is 0.382. The number of hydrogen-bond acceptors (Lipinski definition) is 6. The van der Waals surface area contributed by atoms with Gasteiger partial charge in [-0.05, 0) is 12.1 Å². The van der Waals surface area contributed by atoms with Crippen LogP contribution < -0.4 is 0 Å². The van der Waals surface area contributed by atoms with Crippen molar-refractivity contribution in [3.63, 3.8) is 0 Å². The minimum Gasteiger partial charge on any atom is -0.480 e. The number of carboxylic acids is 1. The number of halogens is 1. The molecule has 0 atom stereocenters. The van der Waals surface area contributed by atoms with Crippen molar-refractivity contribution in [2.45, 2.75) is 0 Å². The number of nitro benzene ring substituents is 1. The number of rotatable bonds is 4. The van der Waals surface area contributed by atoms with Gasteiger partial charge >= 0.3 is 5.97 Å². The number of thioether (sulfide) groups is 1. The van der Waals surface area contributed by atoms with Gasteiger partial charge in [-0.25, -0.2) is 0 Å². The van der Waals surface area contributed by atoms with Crippen LogP contribution in [-0.4, -0.2) is 37.7 Å². The lowest BCUT2D eigenvalue weighted by molar-refractivity contribution is -0.384. The molecule has 1 aromatic carbocycles. The summed E-state index contributed by atoms with van der Waals surface area (Å²) in [6, 6.07) is 3.82. The molecule has 1 N–H and O–H groups in total. The molecular weight excluding hydrogens is 352 g/mol. The number of carboxylic acid groups (broad SMARTS) is 1. The van der Waals surface area contributed by atoms with Gasteiger partial charge in [-0.1, -0.05) is 35.6 Å². The number of nitrogens with zero attached hydrogens (tertiary/aromatic N) is 2. The SMILES string of the molecule is O=C(O)CN1C(=O)C(=Cc2cc([N+](=O)[O-])ccc2Cl)SC1=S. The van der Waals surface area contributed by atoms with Crippen molar-refractivity contribution in [1.82, 2.24) is 4.90 Å². The predicted octanol–water partition coefficient (Wildman–Crippen LogP) is 2.53. The molecule has 1 fully saturated rings. The van der Waals surface area contributed by atoms with Crippen LogP contribution in [0.15, 0.2) is 23.1 Å². The second-order valence-corrected chi connectivity index (χ2v) is 6.21. The molecule has 2 rings (SSSR count). The van der Waals surface area contributed by atoms with Crippen LogP contribution in [0.3, 0.4) is 0 Å².